The third-order valence-corrected chi connectivity index (χ3v) is 4.99. The molecule has 1 aromatic heterocycles. The van der Waals surface area contributed by atoms with Gasteiger partial charge in [0, 0.05) is 18.9 Å². The van der Waals surface area contributed by atoms with Crippen LogP contribution in [0.3, 0.4) is 0 Å². The number of H-pyrrole nitrogens is 1. The second-order valence-electron chi connectivity index (χ2n) is 6.13. The van der Waals surface area contributed by atoms with E-state index in [1.54, 1.807) is 5.32 Å². The Morgan fingerprint density at radius 1 is 1.35 bits per heavy atom. The van der Waals surface area contributed by atoms with Crippen molar-refractivity contribution >= 4 is 40.7 Å². The quantitative estimate of drug-likeness (QED) is 0.384. The van der Waals surface area contributed by atoms with Crippen molar-refractivity contribution in [3.05, 3.63) is 38.7 Å². The summed E-state index contributed by atoms with van der Waals surface area (Å²) in [7, 11) is 0. The molecule has 17 heteroatoms. The maximum Gasteiger partial charge on any atom is 0.471 e. The van der Waals surface area contributed by atoms with Gasteiger partial charge in [0.25, 0.3) is 5.56 Å². The molecule has 0 spiro atoms. The highest BCUT2D eigenvalue weighted by Crippen LogP contribution is 2.57. The van der Waals surface area contributed by atoms with Gasteiger partial charge in [-0.15, -0.1) is 0 Å². The van der Waals surface area contributed by atoms with Crippen LogP contribution >= 0.6 is 28.6 Å². The number of nitrogens with one attached hydrogen (secondary N) is 2. The SMILES string of the molecule is O=C(NC/C=C/n1cc([C@@H]2O[C@H](COP(=O)(Cl)Cl)C(O)[C@@H]2O)c(=O)[nH]c1=O)C(F)(F)F. The number of amides is 1. The van der Waals surface area contributed by atoms with Crippen LogP contribution in [0.1, 0.15) is 11.7 Å². The molecule has 2 heterocycles. The second-order valence-corrected chi connectivity index (χ2v) is 10.4. The van der Waals surface area contributed by atoms with E-state index in [4.69, 9.17) is 27.2 Å². The first-order valence-electron chi connectivity index (χ1n) is 8.23. The zero-order valence-corrected chi connectivity index (χ0v) is 17.5. The summed E-state index contributed by atoms with van der Waals surface area (Å²) in [5.74, 6) is -2.19. The Morgan fingerprint density at radius 2 is 2.00 bits per heavy atom. The van der Waals surface area contributed by atoms with Crippen LogP contribution in [-0.2, 0) is 18.6 Å². The largest absolute Gasteiger partial charge is 0.471 e. The lowest BCUT2D eigenvalue weighted by molar-refractivity contribution is -0.173. The van der Waals surface area contributed by atoms with Crippen LogP contribution in [0, 0.1) is 0 Å². The third kappa shape index (κ3) is 6.91. The number of aliphatic hydroxyl groups is 2. The molecule has 1 fully saturated rings. The number of carbonyl (C=O) groups excluding carboxylic acids is 1. The van der Waals surface area contributed by atoms with Gasteiger partial charge in [-0.1, -0.05) is 0 Å². The van der Waals surface area contributed by atoms with Crippen LogP contribution in [0.5, 0.6) is 0 Å². The molecule has 4 atom stereocenters. The van der Waals surface area contributed by atoms with Crippen LogP contribution in [0.15, 0.2) is 21.9 Å². The number of hydrogen-bond donors (Lipinski definition) is 4. The molecule has 1 aromatic rings. The third-order valence-electron chi connectivity index (χ3n) is 3.96. The molecule has 1 aliphatic rings. The fourth-order valence-electron chi connectivity index (χ4n) is 2.54. The highest BCUT2D eigenvalue weighted by molar-refractivity contribution is 8.05. The Bertz CT molecular complexity index is 1010. The van der Waals surface area contributed by atoms with Gasteiger partial charge in [-0.3, -0.25) is 23.7 Å². The average Bonchev–Trinajstić information content (AvgIpc) is 2.91. The summed E-state index contributed by atoms with van der Waals surface area (Å²) in [6.07, 6.45) is -12.2. The van der Waals surface area contributed by atoms with Gasteiger partial charge in [0.2, 0.25) is 0 Å². The Balaban J connectivity index is 2.18. The number of halogens is 5. The number of aliphatic hydroxyl groups excluding tert-OH is 2. The van der Waals surface area contributed by atoms with Crippen molar-refractivity contribution in [2.75, 3.05) is 13.2 Å². The van der Waals surface area contributed by atoms with Crippen molar-refractivity contribution in [2.24, 2.45) is 0 Å². The summed E-state index contributed by atoms with van der Waals surface area (Å²) in [5.41, 5.74) is -2.28. The number of carbonyl (C=O) groups is 1. The number of ether oxygens (including phenoxy) is 1. The summed E-state index contributed by atoms with van der Waals surface area (Å²) >= 11 is 10.5. The number of hydrogen-bond acceptors (Lipinski definition) is 8. The molecule has 1 saturated heterocycles. The van der Waals surface area contributed by atoms with E-state index in [0.717, 1.165) is 23.0 Å². The highest BCUT2D eigenvalue weighted by atomic mass is 35.9. The minimum atomic E-state index is -5.08. The zero-order valence-electron chi connectivity index (χ0n) is 15.1. The van der Waals surface area contributed by atoms with Crippen molar-refractivity contribution in [1.82, 2.24) is 14.9 Å². The van der Waals surface area contributed by atoms with Crippen LogP contribution in [0.4, 0.5) is 13.2 Å². The van der Waals surface area contributed by atoms with E-state index in [1.807, 2.05) is 4.98 Å². The molecule has 1 unspecified atom stereocenters. The van der Waals surface area contributed by atoms with Crippen LogP contribution in [0.25, 0.3) is 6.20 Å². The Morgan fingerprint density at radius 3 is 2.58 bits per heavy atom. The first kappa shape index (κ1) is 25.6. The smallest absolute Gasteiger partial charge is 0.387 e. The molecular formula is C14H15Cl2F3N3O8P. The van der Waals surface area contributed by atoms with E-state index in [9.17, 15) is 42.3 Å². The van der Waals surface area contributed by atoms with Gasteiger partial charge in [0.1, 0.15) is 24.4 Å². The van der Waals surface area contributed by atoms with Gasteiger partial charge in [0.15, 0.2) is 0 Å². The van der Waals surface area contributed by atoms with E-state index in [-0.39, 0.29) is 5.56 Å². The fourth-order valence-corrected chi connectivity index (χ4v) is 3.19. The molecule has 1 amide bonds. The molecule has 0 radical (unpaired) electrons. The second kappa shape index (κ2) is 9.86. The molecule has 31 heavy (non-hydrogen) atoms. The van der Waals surface area contributed by atoms with Crippen molar-refractivity contribution in [1.29, 1.82) is 0 Å². The number of aromatic nitrogens is 2. The van der Waals surface area contributed by atoms with Gasteiger partial charge in [-0.05, 0) is 28.6 Å². The molecule has 4 N–H and O–H groups in total. The Kier molecular flexibility index (Phi) is 8.14. The van der Waals surface area contributed by atoms with Crippen molar-refractivity contribution in [2.45, 2.75) is 30.6 Å². The number of rotatable bonds is 7. The Hall–Kier alpha value is -1.67. The summed E-state index contributed by atoms with van der Waals surface area (Å²) in [6.45, 7) is -1.17. The highest BCUT2D eigenvalue weighted by Gasteiger charge is 2.45. The molecule has 2 rings (SSSR count). The maximum absolute atomic E-state index is 12.1. The molecule has 0 bridgehead atoms. The van der Waals surface area contributed by atoms with Crippen molar-refractivity contribution in [3.63, 3.8) is 0 Å². The summed E-state index contributed by atoms with van der Waals surface area (Å²) < 4.78 is 58.3. The Labute approximate surface area is 180 Å². The van der Waals surface area contributed by atoms with Gasteiger partial charge in [0.05, 0.1) is 12.2 Å². The lowest BCUT2D eigenvalue weighted by Crippen LogP contribution is -2.37. The van der Waals surface area contributed by atoms with E-state index < -0.39 is 67.0 Å². The minimum absolute atomic E-state index is 0.322. The number of nitrogens with zero attached hydrogens (tertiary/aromatic N) is 1. The van der Waals surface area contributed by atoms with Gasteiger partial charge >= 0.3 is 23.8 Å². The fraction of sp³-hybridized carbons (Fsp3) is 0.500. The first-order valence-corrected chi connectivity index (χ1v) is 11.7. The van der Waals surface area contributed by atoms with E-state index >= 15 is 0 Å². The standard InChI is InChI=1S/C14H15Cl2F3N3O8P/c15-31(16,28)29-5-7-8(23)9(24)10(30-7)6-4-22(13(27)21-11(6)25)3-1-2-20-12(26)14(17,18)19/h1,3-4,7-10,23-24H,2,5H2,(H,20,26)(H,21,25,27)/b3-1+/t7-,8?,9+,10+/m1/s1. The summed E-state index contributed by atoms with van der Waals surface area (Å²) in [5, 5.41) is 21.7. The van der Waals surface area contributed by atoms with E-state index in [0.29, 0.717) is 0 Å². The number of alkyl halides is 3. The zero-order chi connectivity index (χ0) is 23.6. The molecule has 0 aliphatic carbocycles. The molecular weight excluding hydrogens is 497 g/mol. The van der Waals surface area contributed by atoms with Gasteiger partial charge < -0.3 is 24.8 Å². The van der Waals surface area contributed by atoms with E-state index in [1.165, 1.54) is 0 Å². The lowest BCUT2D eigenvalue weighted by Gasteiger charge is -2.15. The molecule has 0 aromatic carbocycles. The summed E-state index contributed by atoms with van der Waals surface area (Å²) in [4.78, 5) is 36.6. The minimum Gasteiger partial charge on any atom is -0.387 e. The first-order chi connectivity index (χ1) is 14.2. The topological polar surface area (TPSA) is 160 Å². The van der Waals surface area contributed by atoms with Crippen LogP contribution in [-0.4, -0.2) is 63.3 Å². The summed E-state index contributed by atoms with van der Waals surface area (Å²) in [6, 6.07) is 0. The predicted molar refractivity (Wildman–Crippen MR) is 101 cm³/mol. The number of aromatic amines is 1. The monoisotopic (exact) mass is 511 g/mol. The van der Waals surface area contributed by atoms with Gasteiger partial charge in [-0.25, -0.2) is 4.79 Å². The maximum atomic E-state index is 12.1. The normalized spacial score (nSPS) is 24.6. The molecule has 174 valence electrons. The lowest BCUT2D eigenvalue weighted by atomic mass is 10.0. The van der Waals surface area contributed by atoms with Crippen molar-refractivity contribution < 1.29 is 42.0 Å². The van der Waals surface area contributed by atoms with Crippen molar-refractivity contribution in [3.8, 4) is 0 Å². The predicted octanol–water partition coefficient (Wildman–Crippen LogP) is 0.450. The average molecular weight is 512 g/mol. The van der Waals surface area contributed by atoms with Crippen LogP contribution < -0.4 is 16.6 Å². The van der Waals surface area contributed by atoms with E-state index in [2.05, 4.69) is 4.52 Å². The molecule has 0 saturated carbocycles. The van der Waals surface area contributed by atoms with Gasteiger partial charge in [-0.2, -0.15) is 13.2 Å². The molecule has 11 nitrogen and oxygen atoms in total. The van der Waals surface area contributed by atoms with Crippen LogP contribution in [0.2, 0.25) is 0 Å². The molecule has 1 aliphatic heterocycles.